The Morgan fingerprint density at radius 2 is 1.74 bits per heavy atom. The SMILES string of the molecule is Cc1cccc(C(=O)Nc2ccc(N3CCN(CC(=O)N(C)C)CC3)cc2C(=O)O)c1. The third kappa shape index (κ3) is 5.61. The second-order valence-electron chi connectivity index (χ2n) is 7.91. The number of nitrogens with one attached hydrogen (secondary N) is 1. The molecular formula is C23H28N4O4. The van der Waals surface area contributed by atoms with Crippen molar-refractivity contribution in [3.8, 4) is 0 Å². The van der Waals surface area contributed by atoms with Crippen LogP contribution in [-0.2, 0) is 4.79 Å². The van der Waals surface area contributed by atoms with E-state index in [0.717, 1.165) is 11.3 Å². The summed E-state index contributed by atoms with van der Waals surface area (Å²) in [5.41, 5.74) is 2.52. The highest BCUT2D eigenvalue weighted by atomic mass is 16.4. The van der Waals surface area contributed by atoms with Crippen LogP contribution in [0.25, 0.3) is 0 Å². The lowest BCUT2D eigenvalue weighted by atomic mass is 10.1. The number of benzene rings is 2. The monoisotopic (exact) mass is 424 g/mol. The lowest BCUT2D eigenvalue weighted by Gasteiger charge is -2.36. The van der Waals surface area contributed by atoms with E-state index in [9.17, 15) is 19.5 Å². The number of carboxylic acid groups (broad SMARTS) is 1. The van der Waals surface area contributed by atoms with Crippen LogP contribution in [0.4, 0.5) is 11.4 Å². The number of aryl methyl sites for hydroxylation is 1. The normalized spacial score (nSPS) is 14.2. The first kappa shape index (κ1) is 22.3. The summed E-state index contributed by atoms with van der Waals surface area (Å²) < 4.78 is 0. The van der Waals surface area contributed by atoms with Crippen LogP contribution in [0, 0.1) is 6.92 Å². The Kier molecular flexibility index (Phi) is 6.91. The highest BCUT2D eigenvalue weighted by Crippen LogP contribution is 2.25. The second kappa shape index (κ2) is 9.61. The van der Waals surface area contributed by atoms with Gasteiger partial charge in [-0.2, -0.15) is 0 Å². The van der Waals surface area contributed by atoms with E-state index >= 15 is 0 Å². The number of hydrogen-bond donors (Lipinski definition) is 2. The number of piperazine rings is 1. The van der Waals surface area contributed by atoms with Gasteiger partial charge in [0.25, 0.3) is 5.91 Å². The lowest BCUT2D eigenvalue weighted by molar-refractivity contribution is -0.129. The molecule has 0 aromatic heterocycles. The molecule has 8 nitrogen and oxygen atoms in total. The maximum atomic E-state index is 12.5. The van der Waals surface area contributed by atoms with E-state index in [0.29, 0.717) is 38.3 Å². The fraction of sp³-hybridized carbons (Fsp3) is 0.348. The van der Waals surface area contributed by atoms with Gasteiger partial charge in [-0.3, -0.25) is 14.5 Å². The van der Waals surface area contributed by atoms with E-state index in [2.05, 4.69) is 15.1 Å². The molecule has 0 unspecified atom stereocenters. The number of carbonyl (C=O) groups is 3. The van der Waals surface area contributed by atoms with Gasteiger partial charge in [-0.05, 0) is 37.3 Å². The predicted octanol–water partition coefficient (Wildman–Crippen LogP) is 2.16. The zero-order valence-corrected chi connectivity index (χ0v) is 18.1. The predicted molar refractivity (Wildman–Crippen MR) is 120 cm³/mol. The standard InChI is InChI=1S/C23H28N4O4/c1-16-5-4-6-17(13-16)22(29)24-20-8-7-18(14-19(20)23(30)31)27-11-9-26(10-12-27)15-21(28)25(2)3/h4-8,13-14H,9-12,15H2,1-3H3,(H,24,29)(H,30,31). The average molecular weight is 425 g/mol. The molecule has 0 radical (unpaired) electrons. The molecular weight excluding hydrogens is 396 g/mol. The number of carboxylic acids is 1. The largest absolute Gasteiger partial charge is 0.478 e. The number of anilines is 2. The first-order valence-corrected chi connectivity index (χ1v) is 10.2. The van der Waals surface area contributed by atoms with Crippen molar-refractivity contribution < 1.29 is 19.5 Å². The Labute approximate surface area is 182 Å². The fourth-order valence-corrected chi connectivity index (χ4v) is 3.49. The van der Waals surface area contributed by atoms with Gasteiger partial charge >= 0.3 is 5.97 Å². The molecule has 2 aromatic rings. The first-order chi connectivity index (χ1) is 14.7. The average Bonchev–Trinajstić information content (AvgIpc) is 2.74. The van der Waals surface area contributed by atoms with E-state index < -0.39 is 5.97 Å². The summed E-state index contributed by atoms with van der Waals surface area (Å²) >= 11 is 0. The molecule has 3 rings (SSSR count). The molecule has 1 aliphatic heterocycles. The van der Waals surface area contributed by atoms with Crippen molar-refractivity contribution in [1.82, 2.24) is 9.80 Å². The molecule has 0 bridgehead atoms. The van der Waals surface area contributed by atoms with Gasteiger partial charge in [-0.1, -0.05) is 17.7 Å². The molecule has 1 aliphatic rings. The lowest BCUT2D eigenvalue weighted by Crippen LogP contribution is -2.49. The summed E-state index contributed by atoms with van der Waals surface area (Å²) in [6.07, 6.45) is 0. The molecule has 1 saturated heterocycles. The number of nitrogens with zero attached hydrogens (tertiary/aromatic N) is 3. The van der Waals surface area contributed by atoms with Gasteiger partial charge in [-0.25, -0.2) is 4.79 Å². The molecule has 0 spiro atoms. The smallest absolute Gasteiger partial charge is 0.337 e. The van der Waals surface area contributed by atoms with E-state index in [1.807, 2.05) is 19.1 Å². The minimum atomic E-state index is -1.10. The van der Waals surface area contributed by atoms with E-state index in [-0.39, 0.29) is 23.1 Å². The van der Waals surface area contributed by atoms with E-state index in [1.165, 1.54) is 0 Å². The van der Waals surface area contributed by atoms with Crippen LogP contribution in [0.3, 0.4) is 0 Å². The van der Waals surface area contributed by atoms with Crippen LogP contribution in [0.15, 0.2) is 42.5 Å². The third-order valence-electron chi connectivity index (χ3n) is 5.36. The van der Waals surface area contributed by atoms with Gasteiger partial charge in [0.2, 0.25) is 5.91 Å². The quantitative estimate of drug-likeness (QED) is 0.738. The van der Waals surface area contributed by atoms with Gasteiger partial charge < -0.3 is 20.2 Å². The molecule has 2 aromatic carbocycles. The first-order valence-electron chi connectivity index (χ1n) is 10.2. The number of likely N-dealkylation sites (N-methyl/N-ethyl adjacent to an activating group) is 1. The van der Waals surface area contributed by atoms with Crippen molar-refractivity contribution in [2.24, 2.45) is 0 Å². The second-order valence-corrected chi connectivity index (χ2v) is 7.91. The van der Waals surface area contributed by atoms with Crippen LogP contribution in [0.1, 0.15) is 26.3 Å². The zero-order valence-electron chi connectivity index (χ0n) is 18.1. The molecule has 164 valence electrons. The molecule has 1 heterocycles. The number of rotatable bonds is 6. The van der Waals surface area contributed by atoms with Crippen LogP contribution in [0.2, 0.25) is 0 Å². The number of carbonyl (C=O) groups excluding carboxylic acids is 2. The van der Waals surface area contributed by atoms with Crippen molar-refractivity contribution in [1.29, 1.82) is 0 Å². The molecule has 2 N–H and O–H groups in total. The highest BCUT2D eigenvalue weighted by Gasteiger charge is 2.22. The summed E-state index contributed by atoms with van der Waals surface area (Å²) in [5.74, 6) is -1.38. The summed E-state index contributed by atoms with van der Waals surface area (Å²) in [7, 11) is 3.48. The van der Waals surface area contributed by atoms with Crippen molar-refractivity contribution in [3.63, 3.8) is 0 Å². The Balaban J connectivity index is 1.70. The number of aromatic carboxylic acids is 1. The molecule has 2 amide bonds. The van der Waals surface area contributed by atoms with Crippen LogP contribution in [-0.4, -0.2) is 79.5 Å². The van der Waals surface area contributed by atoms with Crippen molar-refractivity contribution in [3.05, 3.63) is 59.2 Å². The van der Waals surface area contributed by atoms with Crippen LogP contribution in [0.5, 0.6) is 0 Å². The van der Waals surface area contributed by atoms with E-state index in [4.69, 9.17) is 0 Å². The van der Waals surface area contributed by atoms with Crippen LogP contribution >= 0.6 is 0 Å². The van der Waals surface area contributed by atoms with Crippen molar-refractivity contribution >= 4 is 29.2 Å². The summed E-state index contributed by atoms with van der Waals surface area (Å²) in [4.78, 5) is 42.1. The van der Waals surface area contributed by atoms with Crippen molar-refractivity contribution in [2.75, 3.05) is 57.0 Å². The van der Waals surface area contributed by atoms with Crippen LogP contribution < -0.4 is 10.2 Å². The molecule has 0 saturated carbocycles. The maximum absolute atomic E-state index is 12.5. The molecule has 0 aliphatic carbocycles. The number of hydrogen-bond acceptors (Lipinski definition) is 5. The zero-order chi connectivity index (χ0) is 22.5. The Bertz CT molecular complexity index is 981. The van der Waals surface area contributed by atoms with Gasteiger partial charge in [0, 0.05) is 51.5 Å². The van der Waals surface area contributed by atoms with Crippen molar-refractivity contribution in [2.45, 2.75) is 6.92 Å². The summed E-state index contributed by atoms with van der Waals surface area (Å²) in [6, 6.07) is 12.2. The minimum absolute atomic E-state index is 0.0451. The highest BCUT2D eigenvalue weighted by molar-refractivity contribution is 6.08. The molecule has 1 fully saturated rings. The van der Waals surface area contributed by atoms with Gasteiger partial charge in [0.05, 0.1) is 17.8 Å². The van der Waals surface area contributed by atoms with Gasteiger partial charge in [-0.15, -0.1) is 0 Å². The molecule has 31 heavy (non-hydrogen) atoms. The molecule has 8 heteroatoms. The fourth-order valence-electron chi connectivity index (χ4n) is 3.49. The number of amides is 2. The summed E-state index contributed by atoms with van der Waals surface area (Å²) in [6.45, 7) is 5.08. The maximum Gasteiger partial charge on any atom is 0.337 e. The van der Waals surface area contributed by atoms with Gasteiger partial charge in [0.15, 0.2) is 0 Å². The van der Waals surface area contributed by atoms with E-state index in [1.54, 1.807) is 49.3 Å². The Hall–Kier alpha value is -3.39. The molecule has 0 atom stereocenters. The topological polar surface area (TPSA) is 93.2 Å². The third-order valence-corrected chi connectivity index (χ3v) is 5.36. The van der Waals surface area contributed by atoms with Gasteiger partial charge in [0.1, 0.15) is 0 Å². The summed E-state index contributed by atoms with van der Waals surface area (Å²) in [5, 5.41) is 12.4. The Morgan fingerprint density at radius 3 is 2.35 bits per heavy atom. The Morgan fingerprint density at radius 1 is 1.03 bits per heavy atom. The minimum Gasteiger partial charge on any atom is -0.478 e.